The Morgan fingerprint density at radius 3 is 2.48 bits per heavy atom. The first-order chi connectivity index (χ1) is 10.7. The van der Waals surface area contributed by atoms with Gasteiger partial charge < -0.3 is 21.0 Å². The number of carboxylic acids is 1. The Balaban J connectivity index is 2.44. The van der Waals surface area contributed by atoms with Gasteiger partial charge in [-0.3, -0.25) is 5.84 Å². The van der Waals surface area contributed by atoms with Gasteiger partial charge in [-0.2, -0.15) is 13.2 Å². The standard InChI is InChI=1S/C14H16F3N3O3/c15-14(16,17)9-3-8(11(18)12(20-19)13(21)22)4-10(5-9)23-6-7-1-2-7/h3-5,7,20H,1-2,6,18-19H2,(H,21,22)/b12-11-. The molecule has 0 amide bonds. The molecule has 0 saturated heterocycles. The summed E-state index contributed by atoms with van der Waals surface area (Å²) in [6.07, 6.45) is -2.66. The van der Waals surface area contributed by atoms with Crippen LogP contribution in [0.4, 0.5) is 13.2 Å². The van der Waals surface area contributed by atoms with Gasteiger partial charge in [0.05, 0.1) is 17.9 Å². The zero-order valence-corrected chi connectivity index (χ0v) is 12.0. The summed E-state index contributed by atoms with van der Waals surface area (Å²) < 4.78 is 44.3. The third-order valence-corrected chi connectivity index (χ3v) is 3.36. The first kappa shape index (κ1) is 16.9. The van der Waals surface area contributed by atoms with Crippen molar-refractivity contribution >= 4 is 11.7 Å². The molecule has 0 aliphatic heterocycles. The van der Waals surface area contributed by atoms with Crippen LogP contribution in [0, 0.1) is 5.92 Å². The minimum atomic E-state index is -4.62. The average molecular weight is 331 g/mol. The zero-order valence-electron chi connectivity index (χ0n) is 12.0. The summed E-state index contributed by atoms with van der Waals surface area (Å²) in [5.74, 6) is 3.90. The normalized spacial score (nSPS) is 15.8. The quantitative estimate of drug-likeness (QED) is 0.358. The molecular weight excluding hydrogens is 315 g/mol. The molecule has 0 heterocycles. The van der Waals surface area contributed by atoms with Crippen LogP contribution in [0.25, 0.3) is 5.70 Å². The molecule has 23 heavy (non-hydrogen) atoms. The van der Waals surface area contributed by atoms with Gasteiger partial charge in [-0.1, -0.05) is 0 Å². The van der Waals surface area contributed by atoms with E-state index in [0.29, 0.717) is 12.5 Å². The van der Waals surface area contributed by atoms with E-state index in [1.54, 1.807) is 0 Å². The lowest BCUT2D eigenvalue weighted by Crippen LogP contribution is -2.29. The van der Waals surface area contributed by atoms with E-state index in [1.165, 1.54) is 6.07 Å². The summed E-state index contributed by atoms with van der Waals surface area (Å²) in [4.78, 5) is 11.0. The fourth-order valence-electron chi connectivity index (χ4n) is 1.90. The first-order valence-corrected chi connectivity index (χ1v) is 6.77. The number of hydrogen-bond donors (Lipinski definition) is 4. The van der Waals surface area contributed by atoms with Crippen LogP contribution in [-0.4, -0.2) is 17.7 Å². The maximum absolute atomic E-state index is 13.0. The molecule has 1 aromatic carbocycles. The fraction of sp³-hybridized carbons (Fsp3) is 0.357. The Labute approximate surface area is 129 Å². The average Bonchev–Trinajstić information content (AvgIpc) is 3.28. The number of nitrogens with two attached hydrogens (primary N) is 2. The van der Waals surface area contributed by atoms with Crippen molar-refractivity contribution in [3.05, 3.63) is 35.0 Å². The Bertz CT molecular complexity index is 640. The first-order valence-electron chi connectivity index (χ1n) is 6.77. The van der Waals surface area contributed by atoms with Crippen molar-refractivity contribution in [3.63, 3.8) is 0 Å². The highest BCUT2D eigenvalue weighted by molar-refractivity contribution is 5.95. The molecule has 0 unspecified atom stereocenters. The van der Waals surface area contributed by atoms with Gasteiger partial charge in [-0.05, 0) is 37.0 Å². The molecule has 1 fully saturated rings. The van der Waals surface area contributed by atoms with Crippen LogP contribution in [0.2, 0.25) is 0 Å². The molecule has 6 nitrogen and oxygen atoms in total. The number of nitrogens with one attached hydrogen (secondary N) is 1. The zero-order chi connectivity index (χ0) is 17.2. The highest BCUT2D eigenvalue weighted by Gasteiger charge is 2.32. The number of carbonyl (C=O) groups is 1. The molecule has 0 radical (unpaired) electrons. The molecule has 0 atom stereocenters. The predicted molar refractivity (Wildman–Crippen MR) is 75.7 cm³/mol. The SMILES string of the molecule is NN/C(C(=O)O)=C(\N)c1cc(OCC2CC2)cc(C(F)(F)F)c1. The number of benzene rings is 1. The predicted octanol–water partition coefficient (Wildman–Crippen LogP) is 1.67. The number of hydrogen-bond acceptors (Lipinski definition) is 5. The summed E-state index contributed by atoms with van der Waals surface area (Å²) in [6, 6.07) is 2.86. The molecule has 6 N–H and O–H groups in total. The van der Waals surface area contributed by atoms with Gasteiger partial charge in [0.2, 0.25) is 0 Å². The van der Waals surface area contributed by atoms with Crippen molar-refractivity contribution < 1.29 is 27.8 Å². The molecule has 1 aliphatic rings. The van der Waals surface area contributed by atoms with Gasteiger partial charge >= 0.3 is 12.1 Å². The molecule has 9 heteroatoms. The van der Waals surface area contributed by atoms with E-state index in [2.05, 4.69) is 0 Å². The highest BCUT2D eigenvalue weighted by atomic mass is 19.4. The molecule has 1 aliphatic carbocycles. The van der Waals surface area contributed by atoms with E-state index in [4.69, 9.17) is 21.4 Å². The van der Waals surface area contributed by atoms with E-state index in [9.17, 15) is 18.0 Å². The van der Waals surface area contributed by atoms with Crippen molar-refractivity contribution in [1.82, 2.24) is 5.43 Å². The van der Waals surface area contributed by atoms with Crippen LogP contribution < -0.4 is 21.7 Å². The summed E-state index contributed by atoms with van der Waals surface area (Å²) in [6.45, 7) is 0.311. The van der Waals surface area contributed by atoms with Gasteiger partial charge in [0.15, 0.2) is 5.70 Å². The molecule has 0 spiro atoms. The number of alkyl halides is 3. The summed E-state index contributed by atoms with van der Waals surface area (Å²) >= 11 is 0. The second-order valence-corrected chi connectivity index (χ2v) is 5.24. The summed E-state index contributed by atoms with van der Waals surface area (Å²) in [7, 11) is 0. The van der Waals surface area contributed by atoms with Crippen molar-refractivity contribution in [1.29, 1.82) is 0 Å². The minimum Gasteiger partial charge on any atom is -0.493 e. The number of halogens is 3. The molecule has 0 aromatic heterocycles. The van der Waals surface area contributed by atoms with Gasteiger partial charge in [-0.25, -0.2) is 4.79 Å². The van der Waals surface area contributed by atoms with Crippen LogP contribution in [0.3, 0.4) is 0 Å². The van der Waals surface area contributed by atoms with Crippen molar-refractivity contribution in [2.45, 2.75) is 19.0 Å². The minimum absolute atomic E-state index is 0.0218. The number of hydrazine groups is 1. The molecule has 126 valence electrons. The molecule has 1 saturated carbocycles. The molecule has 0 bridgehead atoms. The number of rotatable bonds is 6. The van der Waals surface area contributed by atoms with Gasteiger partial charge in [0.25, 0.3) is 0 Å². The Hall–Kier alpha value is -2.42. The second-order valence-electron chi connectivity index (χ2n) is 5.24. The smallest absolute Gasteiger partial charge is 0.416 e. The van der Waals surface area contributed by atoms with Gasteiger partial charge in [0, 0.05) is 5.56 Å². The van der Waals surface area contributed by atoms with Crippen LogP contribution in [-0.2, 0) is 11.0 Å². The maximum Gasteiger partial charge on any atom is 0.416 e. The van der Waals surface area contributed by atoms with Crippen molar-refractivity contribution in [2.75, 3.05) is 6.61 Å². The molecule has 1 aromatic rings. The lowest BCUT2D eigenvalue weighted by molar-refractivity contribution is -0.137. The van der Waals surface area contributed by atoms with Gasteiger partial charge in [0.1, 0.15) is 5.75 Å². The Kier molecular flexibility index (Phi) is 4.69. The number of carboxylic acid groups (broad SMARTS) is 1. The topological polar surface area (TPSA) is 111 Å². The van der Waals surface area contributed by atoms with E-state index < -0.39 is 29.1 Å². The summed E-state index contributed by atoms with van der Waals surface area (Å²) in [5.41, 5.74) is 5.37. The number of aliphatic carboxylic acids is 1. The van der Waals surface area contributed by atoms with Crippen LogP contribution in [0.15, 0.2) is 23.9 Å². The van der Waals surface area contributed by atoms with E-state index in [1.807, 2.05) is 5.43 Å². The third-order valence-electron chi connectivity index (χ3n) is 3.36. The second kappa shape index (κ2) is 6.37. The molecular formula is C14H16F3N3O3. The Morgan fingerprint density at radius 1 is 1.35 bits per heavy atom. The lowest BCUT2D eigenvalue weighted by Gasteiger charge is -2.14. The highest BCUT2D eigenvalue weighted by Crippen LogP contribution is 2.35. The van der Waals surface area contributed by atoms with E-state index in [-0.39, 0.29) is 11.3 Å². The van der Waals surface area contributed by atoms with Crippen LogP contribution in [0.1, 0.15) is 24.0 Å². The Morgan fingerprint density at radius 2 is 2.00 bits per heavy atom. The van der Waals surface area contributed by atoms with Crippen molar-refractivity contribution in [3.8, 4) is 5.75 Å². The fourth-order valence-corrected chi connectivity index (χ4v) is 1.90. The van der Waals surface area contributed by atoms with Gasteiger partial charge in [-0.15, -0.1) is 0 Å². The third kappa shape index (κ3) is 4.28. The van der Waals surface area contributed by atoms with Crippen molar-refractivity contribution in [2.24, 2.45) is 17.5 Å². The lowest BCUT2D eigenvalue weighted by atomic mass is 10.1. The molecule has 2 rings (SSSR count). The monoisotopic (exact) mass is 331 g/mol. The summed E-state index contributed by atoms with van der Waals surface area (Å²) in [5, 5.41) is 8.95. The van der Waals surface area contributed by atoms with Crippen LogP contribution >= 0.6 is 0 Å². The van der Waals surface area contributed by atoms with E-state index in [0.717, 1.165) is 25.0 Å². The van der Waals surface area contributed by atoms with E-state index >= 15 is 0 Å². The maximum atomic E-state index is 13.0. The largest absolute Gasteiger partial charge is 0.493 e. The number of ether oxygens (including phenoxy) is 1. The van der Waals surface area contributed by atoms with Crippen LogP contribution in [0.5, 0.6) is 5.75 Å².